The first-order valence-corrected chi connectivity index (χ1v) is 8.63. The van der Waals surface area contributed by atoms with Crippen molar-refractivity contribution in [3.63, 3.8) is 0 Å². The van der Waals surface area contributed by atoms with E-state index in [2.05, 4.69) is 15.4 Å². The van der Waals surface area contributed by atoms with Gasteiger partial charge >= 0.3 is 0 Å². The SMILES string of the molecule is Cc1nn(-c2ccccc2)c2[nH]cc(C(=O)NCc3ccccc3)c(=O)c12. The molecule has 0 atom stereocenters. The minimum Gasteiger partial charge on any atom is -0.348 e. The average Bonchev–Trinajstić information content (AvgIpc) is 3.05. The Morgan fingerprint density at radius 1 is 1.07 bits per heavy atom. The Bertz CT molecular complexity index is 1160. The Kier molecular flexibility index (Phi) is 4.30. The van der Waals surface area contributed by atoms with Gasteiger partial charge in [0.25, 0.3) is 5.91 Å². The van der Waals surface area contributed by atoms with Gasteiger partial charge in [-0.15, -0.1) is 0 Å². The number of rotatable bonds is 4. The van der Waals surface area contributed by atoms with E-state index in [4.69, 9.17) is 0 Å². The van der Waals surface area contributed by atoms with Crippen LogP contribution in [0.25, 0.3) is 16.7 Å². The number of amides is 1. The number of carbonyl (C=O) groups excluding carboxylic acids is 1. The number of aromatic amines is 1. The van der Waals surface area contributed by atoms with Crippen LogP contribution in [0, 0.1) is 6.92 Å². The predicted molar refractivity (Wildman–Crippen MR) is 104 cm³/mol. The van der Waals surface area contributed by atoms with Crippen LogP contribution in [0.15, 0.2) is 71.7 Å². The zero-order valence-corrected chi connectivity index (χ0v) is 14.8. The summed E-state index contributed by atoms with van der Waals surface area (Å²) in [5, 5.41) is 7.68. The molecule has 0 unspecified atom stereocenters. The van der Waals surface area contributed by atoms with Crippen LogP contribution >= 0.6 is 0 Å². The molecule has 134 valence electrons. The molecule has 27 heavy (non-hydrogen) atoms. The number of H-pyrrole nitrogens is 1. The number of aryl methyl sites for hydroxylation is 1. The molecule has 0 bridgehead atoms. The Hall–Kier alpha value is -3.67. The third-order valence-electron chi connectivity index (χ3n) is 4.43. The summed E-state index contributed by atoms with van der Waals surface area (Å²) in [5.41, 5.74) is 2.71. The predicted octanol–water partition coefficient (Wildman–Crippen LogP) is 2.95. The van der Waals surface area contributed by atoms with Gasteiger partial charge in [0.05, 0.1) is 16.8 Å². The van der Waals surface area contributed by atoms with Gasteiger partial charge in [-0.25, -0.2) is 4.68 Å². The number of benzene rings is 2. The summed E-state index contributed by atoms with van der Waals surface area (Å²) in [6, 6.07) is 19.1. The maximum Gasteiger partial charge on any atom is 0.257 e. The lowest BCUT2D eigenvalue weighted by atomic mass is 10.1. The van der Waals surface area contributed by atoms with E-state index in [1.54, 1.807) is 11.6 Å². The molecular weight excluding hydrogens is 340 g/mol. The largest absolute Gasteiger partial charge is 0.348 e. The van der Waals surface area contributed by atoms with Gasteiger partial charge in [-0.1, -0.05) is 48.5 Å². The molecule has 0 aliphatic carbocycles. The van der Waals surface area contributed by atoms with E-state index in [0.717, 1.165) is 11.3 Å². The zero-order chi connectivity index (χ0) is 18.8. The number of nitrogens with one attached hydrogen (secondary N) is 2. The minimum absolute atomic E-state index is 0.0779. The van der Waals surface area contributed by atoms with Crippen LogP contribution < -0.4 is 10.7 Å². The van der Waals surface area contributed by atoms with E-state index in [1.807, 2.05) is 60.7 Å². The third kappa shape index (κ3) is 3.13. The highest BCUT2D eigenvalue weighted by Gasteiger charge is 2.18. The molecule has 4 aromatic rings. The van der Waals surface area contributed by atoms with Crippen molar-refractivity contribution in [2.45, 2.75) is 13.5 Å². The number of hydrogen-bond donors (Lipinski definition) is 2. The molecule has 1 amide bonds. The standard InChI is InChI=1S/C21H18N4O2/c1-14-18-19(26)17(21(27)23-12-15-8-4-2-5-9-15)13-22-20(18)25(24-14)16-10-6-3-7-11-16/h2-11,13H,12H2,1H3,(H,22,26)(H,23,27). The second kappa shape index (κ2) is 6.92. The second-order valence-corrected chi connectivity index (χ2v) is 6.26. The normalized spacial score (nSPS) is 10.9. The molecule has 0 aliphatic rings. The van der Waals surface area contributed by atoms with Crippen LogP contribution in [0.2, 0.25) is 0 Å². The van der Waals surface area contributed by atoms with Crippen molar-refractivity contribution in [3.05, 3.63) is 93.9 Å². The van der Waals surface area contributed by atoms with Crippen molar-refractivity contribution in [1.82, 2.24) is 20.1 Å². The quantitative estimate of drug-likeness (QED) is 0.589. The van der Waals surface area contributed by atoms with Crippen molar-refractivity contribution in [1.29, 1.82) is 0 Å². The molecule has 0 saturated carbocycles. The van der Waals surface area contributed by atoms with E-state index in [0.29, 0.717) is 23.3 Å². The van der Waals surface area contributed by atoms with Gasteiger partial charge in [-0.05, 0) is 24.6 Å². The number of hydrogen-bond acceptors (Lipinski definition) is 3. The van der Waals surface area contributed by atoms with Crippen molar-refractivity contribution >= 4 is 16.9 Å². The summed E-state index contributed by atoms with van der Waals surface area (Å²) in [7, 11) is 0. The Morgan fingerprint density at radius 3 is 2.44 bits per heavy atom. The first-order chi connectivity index (χ1) is 13.1. The molecule has 0 saturated heterocycles. The van der Waals surface area contributed by atoms with Crippen molar-refractivity contribution in [3.8, 4) is 5.69 Å². The van der Waals surface area contributed by atoms with Gasteiger partial charge in [0.15, 0.2) is 0 Å². The molecule has 0 spiro atoms. The Labute approximate surface area is 155 Å². The number of aromatic nitrogens is 3. The van der Waals surface area contributed by atoms with Crippen molar-refractivity contribution in [2.24, 2.45) is 0 Å². The van der Waals surface area contributed by atoms with E-state index < -0.39 is 5.91 Å². The van der Waals surface area contributed by atoms with Gasteiger partial charge in [0.2, 0.25) is 5.43 Å². The molecule has 0 radical (unpaired) electrons. The second-order valence-electron chi connectivity index (χ2n) is 6.26. The summed E-state index contributed by atoms with van der Waals surface area (Å²) in [4.78, 5) is 28.5. The van der Waals surface area contributed by atoms with Crippen molar-refractivity contribution in [2.75, 3.05) is 0 Å². The number of para-hydroxylation sites is 1. The molecule has 6 nitrogen and oxygen atoms in total. The number of nitrogens with zero attached hydrogens (tertiary/aromatic N) is 2. The fraction of sp³-hybridized carbons (Fsp3) is 0.0952. The van der Waals surface area contributed by atoms with Gasteiger partial charge in [-0.3, -0.25) is 9.59 Å². The summed E-state index contributed by atoms with van der Waals surface area (Å²) in [6.45, 7) is 2.13. The zero-order valence-electron chi connectivity index (χ0n) is 14.8. The topological polar surface area (TPSA) is 79.8 Å². The molecule has 2 aromatic carbocycles. The highest BCUT2D eigenvalue weighted by Crippen LogP contribution is 2.17. The van der Waals surface area contributed by atoms with Crippen LogP contribution in [0.5, 0.6) is 0 Å². The van der Waals surface area contributed by atoms with Crippen LogP contribution in [0.3, 0.4) is 0 Å². The van der Waals surface area contributed by atoms with E-state index in [-0.39, 0.29) is 11.0 Å². The number of carbonyl (C=O) groups is 1. The summed E-state index contributed by atoms with van der Waals surface area (Å²) in [6.07, 6.45) is 1.45. The number of pyridine rings is 1. The summed E-state index contributed by atoms with van der Waals surface area (Å²) >= 11 is 0. The lowest BCUT2D eigenvalue weighted by Crippen LogP contribution is -2.28. The molecule has 6 heteroatoms. The Balaban J connectivity index is 1.69. The van der Waals surface area contributed by atoms with Gasteiger partial charge in [0, 0.05) is 12.7 Å². The van der Waals surface area contributed by atoms with Crippen LogP contribution in [-0.4, -0.2) is 20.7 Å². The maximum absolute atomic E-state index is 12.9. The molecule has 4 rings (SSSR count). The fourth-order valence-corrected chi connectivity index (χ4v) is 3.07. The van der Waals surface area contributed by atoms with Crippen molar-refractivity contribution < 1.29 is 4.79 Å². The van der Waals surface area contributed by atoms with E-state index >= 15 is 0 Å². The van der Waals surface area contributed by atoms with Gasteiger partial charge in [-0.2, -0.15) is 5.10 Å². The highest BCUT2D eigenvalue weighted by molar-refractivity contribution is 5.97. The number of fused-ring (bicyclic) bond motifs is 1. The first-order valence-electron chi connectivity index (χ1n) is 8.63. The molecule has 2 heterocycles. The molecule has 0 aliphatic heterocycles. The fourth-order valence-electron chi connectivity index (χ4n) is 3.07. The monoisotopic (exact) mass is 358 g/mol. The Morgan fingerprint density at radius 2 is 1.74 bits per heavy atom. The summed E-state index contributed by atoms with van der Waals surface area (Å²) in [5.74, 6) is -0.408. The van der Waals surface area contributed by atoms with E-state index in [1.165, 1.54) is 6.20 Å². The highest BCUT2D eigenvalue weighted by atomic mass is 16.2. The maximum atomic E-state index is 12.9. The van der Waals surface area contributed by atoms with Crippen LogP contribution in [0.1, 0.15) is 21.6 Å². The average molecular weight is 358 g/mol. The smallest absolute Gasteiger partial charge is 0.257 e. The van der Waals surface area contributed by atoms with Crippen LogP contribution in [0.4, 0.5) is 0 Å². The van der Waals surface area contributed by atoms with Crippen LogP contribution in [-0.2, 0) is 6.54 Å². The minimum atomic E-state index is -0.408. The third-order valence-corrected chi connectivity index (χ3v) is 4.43. The van der Waals surface area contributed by atoms with Gasteiger partial charge in [0.1, 0.15) is 11.2 Å². The first kappa shape index (κ1) is 16.8. The molecule has 2 N–H and O–H groups in total. The van der Waals surface area contributed by atoms with E-state index in [9.17, 15) is 9.59 Å². The lowest BCUT2D eigenvalue weighted by molar-refractivity contribution is 0.0949. The summed E-state index contributed by atoms with van der Waals surface area (Å²) < 4.78 is 1.68. The molecule has 2 aromatic heterocycles. The van der Waals surface area contributed by atoms with Gasteiger partial charge < -0.3 is 10.3 Å². The lowest BCUT2D eigenvalue weighted by Gasteiger charge is -2.06. The molecular formula is C21H18N4O2. The molecule has 0 fully saturated rings.